The second kappa shape index (κ2) is 9.44. The summed E-state index contributed by atoms with van der Waals surface area (Å²) in [5, 5.41) is 12.0. The zero-order valence-corrected chi connectivity index (χ0v) is 18.9. The molecule has 1 heterocycles. The van der Waals surface area contributed by atoms with E-state index in [-0.39, 0.29) is 12.8 Å². The third-order valence-corrected chi connectivity index (χ3v) is 5.33. The maximum absolute atomic E-state index is 13.8. The Hall–Kier alpha value is -3.68. The van der Waals surface area contributed by atoms with Gasteiger partial charge in [-0.2, -0.15) is 0 Å². The minimum Gasteiger partial charge on any atom is -0.480 e. The Morgan fingerprint density at radius 2 is 1.55 bits per heavy atom. The van der Waals surface area contributed by atoms with E-state index in [2.05, 4.69) is 5.32 Å². The molecule has 0 saturated carbocycles. The molecule has 1 fully saturated rings. The summed E-state index contributed by atoms with van der Waals surface area (Å²) >= 11 is 0. The van der Waals surface area contributed by atoms with E-state index < -0.39 is 47.5 Å². The van der Waals surface area contributed by atoms with E-state index in [9.17, 15) is 24.3 Å². The van der Waals surface area contributed by atoms with Crippen LogP contribution >= 0.6 is 0 Å². The standard InChI is InChI=1S/C25H28N2O6/c1-24(2,3)33-23(32)26-25(15-18-12-8-5-9-13-18)21(30)19(14-17-10-6-4-7-11-17)27(22(25)31)16-20(28)29/h4-13,19H,14-16H2,1-3H3,(H,26,32)(H,28,29). The van der Waals surface area contributed by atoms with Gasteiger partial charge in [-0.3, -0.25) is 19.7 Å². The number of carboxylic acid groups (broad SMARTS) is 1. The molecule has 0 aliphatic carbocycles. The molecule has 1 aliphatic rings. The van der Waals surface area contributed by atoms with E-state index in [0.717, 1.165) is 10.5 Å². The Bertz CT molecular complexity index is 1030. The van der Waals surface area contributed by atoms with Gasteiger partial charge in [-0.25, -0.2) is 4.79 Å². The van der Waals surface area contributed by atoms with Gasteiger partial charge < -0.3 is 14.7 Å². The summed E-state index contributed by atoms with van der Waals surface area (Å²) in [4.78, 5) is 52.8. The predicted molar refractivity (Wildman–Crippen MR) is 121 cm³/mol. The van der Waals surface area contributed by atoms with Crippen molar-refractivity contribution in [2.45, 2.75) is 50.8 Å². The number of nitrogens with one attached hydrogen (secondary N) is 1. The summed E-state index contributed by atoms with van der Waals surface area (Å²) in [7, 11) is 0. The maximum atomic E-state index is 13.8. The van der Waals surface area contributed by atoms with Crippen molar-refractivity contribution in [3.63, 3.8) is 0 Å². The smallest absolute Gasteiger partial charge is 0.408 e. The van der Waals surface area contributed by atoms with Crippen molar-refractivity contribution in [1.82, 2.24) is 10.2 Å². The fraction of sp³-hybridized carbons (Fsp3) is 0.360. The quantitative estimate of drug-likeness (QED) is 0.625. The highest BCUT2D eigenvalue weighted by Gasteiger charge is 2.60. The molecule has 2 N–H and O–H groups in total. The highest BCUT2D eigenvalue weighted by molar-refractivity contribution is 6.20. The third-order valence-electron chi connectivity index (χ3n) is 5.33. The Kier molecular flexibility index (Phi) is 6.86. The van der Waals surface area contributed by atoms with Crippen molar-refractivity contribution in [2.24, 2.45) is 0 Å². The van der Waals surface area contributed by atoms with E-state index in [1.807, 2.05) is 6.07 Å². The SMILES string of the molecule is CC(C)(C)OC(=O)NC1(Cc2ccccc2)C(=O)C(Cc2ccccc2)N(CC(=O)O)C1=O. The number of ether oxygens (including phenoxy) is 1. The zero-order chi connectivity index (χ0) is 24.2. The lowest BCUT2D eigenvalue weighted by molar-refractivity contribution is -0.145. The van der Waals surface area contributed by atoms with Crippen LogP contribution in [-0.2, 0) is 32.0 Å². The molecule has 3 rings (SSSR count). The topological polar surface area (TPSA) is 113 Å². The van der Waals surface area contributed by atoms with E-state index in [0.29, 0.717) is 5.56 Å². The summed E-state index contributed by atoms with van der Waals surface area (Å²) in [6, 6.07) is 16.8. The first kappa shape index (κ1) is 24.0. The third kappa shape index (κ3) is 5.58. The average molecular weight is 453 g/mol. The fourth-order valence-electron chi connectivity index (χ4n) is 3.99. The van der Waals surface area contributed by atoms with Gasteiger partial charge in [-0.05, 0) is 31.9 Å². The Morgan fingerprint density at radius 1 is 1.00 bits per heavy atom. The second-order valence-corrected chi connectivity index (χ2v) is 9.09. The number of hydrogen-bond acceptors (Lipinski definition) is 5. The molecular weight excluding hydrogens is 424 g/mol. The van der Waals surface area contributed by atoms with Crippen molar-refractivity contribution in [3.05, 3.63) is 71.8 Å². The predicted octanol–water partition coefficient (Wildman–Crippen LogP) is 2.60. The molecule has 174 valence electrons. The molecule has 0 radical (unpaired) electrons. The van der Waals surface area contributed by atoms with Gasteiger partial charge in [0.25, 0.3) is 5.91 Å². The first-order valence-electron chi connectivity index (χ1n) is 10.7. The fourth-order valence-corrected chi connectivity index (χ4v) is 3.99. The summed E-state index contributed by atoms with van der Waals surface area (Å²) in [6.45, 7) is 4.35. The molecule has 2 aromatic carbocycles. The minimum absolute atomic E-state index is 0.119. The van der Waals surface area contributed by atoms with E-state index in [1.54, 1.807) is 75.4 Å². The Balaban J connectivity index is 2.04. The molecule has 0 bridgehead atoms. The molecule has 0 spiro atoms. The molecule has 8 heteroatoms. The van der Waals surface area contributed by atoms with E-state index in [1.165, 1.54) is 0 Å². The summed E-state index contributed by atoms with van der Waals surface area (Å²) in [5.41, 5.74) is -1.41. The van der Waals surface area contributed by atoms with Gasteiger partial charge in [0.15, 0.2) is 11.3 Å². The van der Waals surface area contributed by atoms with Crippen LogP contribution in [0.3, 0.4) is 0 Å². The molecule has 1 aliphatic heterocycles. The van der Waals surface area contributed by atoms with Crippen LogP contribution in [0.1, 0.15) is 31.9 Å². The largest absolute Gasteiger partial charge is 0.480 e. The number of Topliss-reactive ketones (excluding diaryl/α,β-unsaturated/α-hetero) is 1. The number of aliphatic carboxylic acids is 1. The van der Waals surface area contributed by atoms with Gasteiger partial charge in [0, 0.05) is 12.8 Å². The summed E-state index contributed by atoms with van der Waals surface area (Å²) < 4.78 is 5.34. The number of nitrogens with zero attached hydrogens (tertiary/aromatic N) is 1. The van der Waals surface area contributed by atoms with Crippen molar-refractivity contribution >= 4 is 23.8 Å². The summed E-state index contributed by atoms with van der Waals surface area (Å²) in [5.74, 6) is -2.57. The normalized spacial score (nSPS) is 20.6. The number of carboxylic acids is 1. The van der Waals surface area contributed by atoms with Crippen LogP contribution in [0.25, 0.3) is 0 Å². The zero-order valence-electron chi connectivity index (χ0n) is 18.9. The molecule has 0 aromatic heterocycles. The number of likely N-dealkylation sites (tertiary alicyclic amines) is 1. The van der Waals surface area contributed by atoms with Crippen molar-refractivity contribution in [2.75, 3.05) is 6.54 Å². The van der Waals surface area contributed by atoms with E-state index in [4.69, 9.17) is 4.74 Å². The van der Waals surface area contributed by atoms with Gasteiger partial charge in [-0.15, -0.1) is 0 Å². The van der Waals surface area contributed by atoms with Crippen LogP contribution in [0.2, 0.25) is 0 Å². The lowest BCUT2D eigenvalue weighted by atomic mass is 9.85. The van der Waals surface area contributed by atoms with Crippen molar-refractivity contribution in [1.29, 1.82) is 0 Å². The van der Waals surface area contributed by atoms with Gasteiger partial charge in [0.2, 0.25) is 0 Å². The van der Waals surface area contributed by atoms with Crippen LogP contribution < -0.4 is 5.32 Å². The molecule has 1 saturated heterocycles. The number of benzene rings is 2. The number of ketones is 1. The van der Waals surface area contributed by atoms with E-state index >= 15 is 0 Å². The molecule has 2 amide bonds. The molecular formula is C25H28N2O6. The number of rotatable bonds is 7. The first-order chi connectivity index (χ1) is 15.5. The second-order valence-electron chi connectivity index (χ2n) is 9.09. The number of alkyl carbamates (subject to hydrolysis) is 1. The molecule has 8 nitrogen and oxygen atoms in total. The molecule has 2 aromatic rings. The number of amides is 2. The molecule has 33 heavy (non-hydrogen) atoms. The summed E-state index contributed by atoms with van der Waals surface area (Å²) in [6.07, 6.45) is -0.909. The van der Waals surface area contributed by atoms with Crippen LogP contribution in [0.4, 0.5) is 4.79 Å². The number of carbonyl (C=O) groups excluding carboxylic acids is 3. The highest BCUT2D eigenvalue weighted by Crippen LogP contribution is 2.31. The van der Waals surface area contributed by atoms with Gasteiger partial charge >= 0.3 is 12.1 Å². The minimum atomic E-state index is -1.97. The lowest BCUT2D eigenvalue weighted by Gasteiger charge is -2.29. The van der Waals surface area contributed by atoms with Crippen LogP contribution in [0.15, 0.2) is 60.7 Å². The number of hydrogen-bond donors (Lipinski definition) is 2. The van der Waals surface area contributed by atoms with Crippen molar-refractivity contribution in [3.8, 4) is 0 Å². The number of carbonyl (C=O) groups is 4. The van der Waals surface area contributed by atoms with Crippen molar-refractivity contribution < 1.29 is 29.0 Å². The van der Waals surface area contributed by atoms with Crippen LogP contribution in [0, 0.1) is 0 Å². The average Bonchev–Trinajstić information content (AvgIpc) is 2.90. The first-order valence-corrected chi connectivity index (χ1v) is 10.7. The highest BCUT2D eigenvalue weighted by atomic mass is 16.6. The molecule has 2 atom stereocenters. The van der Waals surface area contributed by atoms with Gasteiger partial charge in [0.1, 0.15) is 12.1 Å². The molecule has 2 unspecified atom stereocenters. The Morgan fingerprint density at radius 3 is 2.06 bits per heavy atom. The monoisotopic (exact) mass is 452 g/mol. The lowest BCUT2D eigenvalue weighted by Crippen LogP contribution is -2.60. The van der Waals surface area contributed by atoms with Gasteiger partial charge in [-0.1, -0.05) is 60.7 Å². The van der Waals surface area contributed by atoms with Crippen LogP contribution in [-0.4, -0.2) is 57.5 Å². The van der Waals surface area contributed by atoms with Gasteiger partial charge in [0.05, 0.1) is 6.04 Å². The Labute approximate surface area is 192 Å². The maximum Gasteiger partial charge on any atom is 0.408 e. The van der Waals surface area contributed by atoms with Crippen LogP contribution in [0.5, 0.6) is 0 Å².